The number of pyridine rings is 1. The SMILES string of the molecule is CC(C)(C#N)c1cn(C(=O)O)c2ncc(Cl)cc12. The summed E-state index contributed by atoms with van der Waals surface area (Å²) in [4.78, 5) is 15.1. The Bertz CT molecular complexity index is 682. The number of hydrogen-bond acceptors (Lipinski definition) is 3. The van der Waals surface area contributed by atoms with Gasteiger partial charge in [0.2, 0.25) is 0 Å². The molecular formula is C12H10ClN3O2. The van der Waals surface area contributed by atoms with E-state index in [0.29, 0.717) is 16.0 Å². The first-order chi connectivity index (χ1) is 8.36. The summed E-state index contributed by atoms with van der Waals surface area (Å²) in [6.45, 7) is 3.43. The Balaban J connectivity index is 2.87. The lowest BCUT2D eigenvalue weighted by Gasteiger charge is -2.13. The molecule has 2 aromatic heterocycles. The van der Waals surface area contributed by atoms with Gasteiger partial charge in [-0.15, -0.1) is 0 Å². The number of halogens is 1. The summed E-state index contributed by atoms with van der Waals surface area (Å²) in [6, 6.07) is 3.77. The molecule has 0 saturated carbocycles. The zero-order chi connectivity index (χ0) is 13.5. The van der Waals surface area contributed by atoms with Gasteiger partial charge in [0.05, 0.1) is 16.5 Å². The van der Waals surface area contributed by atoms with Crippen molar-refractivity contribution in [2.75, 3.05) is 0 Å². The minimum absolute atomic E-state index is 0.283. The minimum Gasteiger partial charge on any atom is -0.464 e. The molecule has 0 radical (unpaired) electrons. The number of carbonyl (C=O) groups is 1. The van der Waals surface area contributed by atoms with Crippen LogP contribution in [0.5, 0.6) is 0 Å². The van der Waals surface area contributed by atoms with E-state index < -0.39 is 11.5 Å². The van der Waals surface area contributed by atoms with Crippen LogP contribution < -0.4 is 0 Å². The van der Waals surface area contributed by atoms with Gasteiger partial charge in [0.1, 0.15) is 5.65 Å². The molecule has 0 aliphatic carbocycles. The number of hydrogen-bond donors (Lipinski definition) is 1. The van der Waals surface area contributed by atoms with Crippen molar-refractivity contribution < 1.29 is 9.90 Å². The molecule has 2 rings (SSSR count). The maximum absolute atomic E-state index is 11.1. The van der Waals surface area contributed by atoms with Crippen molar-refractivity contribution in [2.45, 2.75) is 19.3 Å². The highest BCUT2D eigenvalue weighted by Gasteiger charge is 2.27. The summed E-state index contributed by atoms with van der Waals surface area (Å²) in [7, 11) is 0. The van der Waals surface area contributed by atoms with Crippen LogP contribution in [-0.2, 0) is 5.41 Å². The molecule has 0 aromatic carbocycles. The Morgan fingerprint density at radius 2 is 2.28 bits per heavy atom. The van der Waals surface area contributed by atoms with Crippen molar-refractivity contribution in [1.29, 1.82) is 5.26 Å². The van der Waals surface area contributed by atoms with E-state index in [9.17, 15) is 4.79 Å². The average molecular weight is 264 g/mol. The standard InChI is InChI=1S/C12H10ClN3O2/c1-12(2,6-14)9-5-16(11(17)18)10-8(9)3-7(13)4-15-10/h3-5H,1-2H3,(H,17,18). The maximum Gasteiger partial charge on any atom is 0.417 e. The lowest BCUT2D eigenvalue weighted by atomic mass is 9.86. The molecule has 0 spiro atoms. The molecular weight excluding hydrogens is 254 g/mol. The van der Waals surface area contributed by atoms with Crippen molar-refractivity contribution in [1.82, 2.24) is 9.55 Å². The van der Waals surface area contributed by atoms with Crippen molar-refractivity contribution in [3.05, 3.63) is 29.0 Å². The lowest BCUT2D eigenvalue weighted by molar-refractivity contribution is 0.197. The second kappa shape index (κ2) is 4.00. The van der Waals surface area contributed by atoms with Gasteiger partial charge < -0.3 is 5.11 Å². The largest absolute Gasteiger partial charge is 0.464 e. The third-order valence-electron chi connectivity index (χ3n) is 2.77. The first kappa shape index (κ1) is 12.4. The number of fused-ring (bicyclic) bond motifs is 1. The first-order valence-electron chi connectivity index (χ1n) is 5.18. The third-order valence-corrected chi connectivity index (χ3v) is 2.98. The van der Waals surface area contributed by atoms with Crippen LogP contribution in [-0.4, -0.2) is 20.8 Å². The molecule has 0 unspecified atom stereocenters. The zero-order valence-electron chi connectivity index (χ0n) is 9.81. The monoisotopic (exact) mass is 263 g/mol. The van der Waals surface area contributed by atoms with Gasteiger partial charge >= 0.3 is 6.09 Å². The molecule has 5 nitrogen and oxygen atoms in total. The van der Waals surface area contributed by atoms with Crippen LogP contribution >= 0.6 is 11.6 Å². The third kappa shape index (κ3) is 1.81. The second-order valence-corrected chi connectivity index (χ2v) is 4.89. The molecule has 0 aliphatic heterocycles. The Hall–Kier alpha value is -2.06. The maximum atomic E-state index is 11.1. The van der Waals surface area contributed by atoms with Gasteiger partial charge in [-0.3, -0.25) is 0 Å². The smallest absolute Gasteiger partial charge is 0.417 e. The molecule has 0 amide bonds. The van der Waals surface area contributed by atoms with Gasteiger partial charge in [0, 0.05) is 17.8 Å². The van der Waals surface area contributed by atoms with E-state index >= 15 is 0 Å². The number of nitriles is 1. The first-order valence-corrected chi connectivity index (χ1v) is 5.56. The van der Waals surface area contributed by atoms with Crippen molar-refractivity contribution in [2.24, 2.45) is 0 Å². The summed E-state index contributed by atoms with van der Waals surface area (Å²) in [5, 5.41) is 19.3. The van der Waals surface area contributed by atoms with Crippen LogP contribution in [0.2, 0.25) is 5.02 Å². The van der Waals surface area contributed by atoms with Crippen molar-refractivity contribution in [3.8, 4) is 6.07 Å². The van der Waals surface area contributed by atoms with E-state index in [2.05, 4.69) is 11.1 Å². The van der Waals surface area contributed by atoms with E-state index in [0.717, 1.165) is 4.57 Å². The fourth-order valence-corrected chi connectivity index (χ4v) is 1.94. The fraction of sp³-hybridized carbons (Fsp3) is 0.250. The number of nitrogens with zero attached hydrogens (tertiary/aromatic N) is 3. The quantitative estimate of drug-likeness (QED) is 0.858. The molecule has 2 aromatic rings. The molecule has 1 N–H and O–H groups in total. The van der Waals surface area contributed by atoms with Crippen LogP contribution in [0, 0.1) is 11.3 Å². The van der Waals surface area contributed by atoms with Crippen LogP contribution in [0.1, 0.15) is 19.4 Å². The number of aromatic nitrogens is 2. The van der Waals surface area contributed by atoms with Gasteiger partial charge in [-0.1, -0.05) is 11.6 Å². The Morgan fingerprint density at radius 1 is 1.61 bits per heavy atom. The van der Waals surface area contributed by atoms with Gasteiger partial charge in [0.15, 0.2) is 0 Å². The average Bonchev–Trinajstić information content (AvgIpc) is 2.68. The minimum atomic E-state index is -1.14. The van der Waals surface area contributed by atoms with E-state index in [1.165, 1.54) is 12.4 Å². The van der Waals surface area contributed by atoms with Gasteiger partial charge in [-0.25, -0.2) is 14.3 Å². The normalized spacial score (nSPS) is 11.4. The highest BCUT2D eigenvalue weighted by molar-refractivity contribution is 6.31. The van der Waals surface area contributed by atoms with E-state index in [1.54, 1.807) is 19.9 Å². The number of rotatable bonds is 1. The van der Waals surface area contributed by atoms with Crippen LogP contribution in [0.25, 0.3) is 11.0 Å². The molecule has 92 valence electrons. The van der Waals surface area contributed by atoms with Crippen LogP contribution in [0.15, 0.2) is 18.5 Å². The summed E-state index contributed by atoms with van der Waals surface area (Å²) >= 11 is 5.87. The highest BCUT2D eigenvalue weighted by atomic mass is 35.5. The number of carboxylic acid groups (broad SMARTS) is 1. The summed E-state index contributed by atoms with van der Waals surface area (Å²) < 4.78 is 1.00. The van der Waals surface area contributed by atoms with Crippen LogP contribution in [0.4, 0.5) is 4.79 Å². The molecule has 2 heterocycles. The topological polar surface area (TPSA) is 78.9 Å². The predicted octanol–water partition coefficient (Wildman–Crippen LogP) is 3.02. The molecule has 0 saturated heterocycles. The van der Waals surface area contributed by atoms with Crippen LogP contribution in [0.3, 0.4) is 0 Å². The molecule has 0 atom stereocenters. The molecule has 0 aliphatic rings. The van der Waals surface area contributed by atoms with E-state index in [4.69, 9.17) is 22.0 Å². The van der Waals surface area contributed by atoms with Crippen molar-refractivity contribution in [3.63, 3.8) is 0 Å². The summed E-state index contributed by atoms with van der Waals surface area (Å²) in [5.41, 5.74) is 0.0633. The zero-order valence-corrected chi connectivity index (χ0v) is 10.6. The lowest BCUT2D eigenvalue weighted by Crippen LogP contribution is -2.13. The van der Waals surface area contributed by atoms with Gasteiger partial charge in [-0.05, 0) is 25.5 Å². The predicted molar refractivity (Wildman–Crippen MR) is 66.8 cm³/mol. The van der Waals surface area contributed by atoms with E-state index in [1.807, 2.05) is 0 Å². The van der Waals surface area contributed by atoms with E-state index in [-0.39, 0.29) is 5.65 Å². The Labute approximate surface area is 108 Å². The van der Waals surface area contributed by atoms with Gasteiger partial charge in [0.25, 0.3) is 0 Å². The molecule has 6 heteroatoms. The fourth-order valence-electron chi connectivity index (χ4n) is 1.79. The van der Waals surface area contributed by atoms with Crippen molar-refractivity contribution >= 4 is 28.7 Å². The molecule has 0 fully saturated rings. The second-order valence-electron chi connectivity index (χ2n) is 4.46. The summed E-state index contributed by atoms with van der Waals surface area (Å²) in [6.07, 6.45) is 1.65. The summed E-state index contributed by atoms with van der Waals surface area (Å²) in [5.74, 6) is 0. The Kier molecular flexibility index (Phi) is 2.76. The highest BCUT2D eigenvalue weighted by Crippen LogP contribution is 2.32. The molecule has 18 heavy (non-hydrogen) atoms. The van der Waals surface area contributed by atoms with Gasteiger partial charge in [-0.2, -0.15) is 5.26 Å². The molecule has 0 bridgehead atoms. The Morgan fingerprint density at radius 3 is 2.83 bits per heavy atom.